The van der Waals surface area contributed by atoms with Crippen LogP contribution in [0.3, 0.4) is 0 Å². The maximum atomic E-state index is 12.8. The average molecular weight is 763 g/mol. The third-order valence-corrected chi connectivity index (χ3v) is 11.8. The molecule has 1 N–H and O–H groups in total. The fraction of sp³-hybridized carbons (Fsp3) is 0.960. The lowest BCUT2D eigenvalue weighted by molar-refractivity contribution is -0.150. The highest BCUT2D eigenvalue weighted by atomic mass is 16.5. The third kappa shape index (κ3) is 45.3. The van der Waals surface area contributed by atoms with E-state index in [-0.39, 0.29) is 18.5 Å². The number of ether oxygens (including phenoxy) is 1. The molecule has 0 heterocycles. The van der Waals surface area contributed by atoms with E-state index in [1.54, 1.807) is 0 Å². The van der Waals surface area contributed by atoms with Crippen LogP contribution in [0.4, 0.5) is 0 Å². The average Bonchev–Trinajstić information content (AvgIpc) is 3.16. The minimum atomic E-state index is -0.694. The molecule has 0 saturated carbocycles. The largest absolute Gasteiger partial charge is 0.481 e. The lowest BCUT2D eigenvalue weighted by Gasteiger charge is -2.18. The Bertz CT molecular complexity index is 736. The van der Waals surface area contributed by atoms with Gasteiger partial charge in [-0.3, -0.25) is 9.59 Å². The van der Waals surface area contributed by atoms with Crippen LogP contribution in [0.25, 0.3) is 0 Å². The van der Waals surface area contributed by atoms with Crippen molar-refractivity contribution in [2.24, 2.45) is 0 Å². The van der Waals surface area contributed by atoms with Crippen molar-refractivity contribution in [2.75, 3.05) is 0 Å². The van der Waals surface area contributed by atoms with Crippen LogP contribution < -0.4 is 0 Å². The van der Waals surface area contributed by atoms with E-state index in [4.69, 9.17) is 9.84 Å². The Kier molecular flexibility index (Phi) is 45.4. The van der Waals surface area contributed by atoms with Crippen molar-refractivity contribution in [1.82, 2.24) is 0 Å². The summed E-state index contributed by atoms with van der Waals surface area (Å²) in [7, 11) is 0. The maximum absolute atomic E-state index is 12.8. The fourth-order valence-electron chi connectivity index (χ4n) is 8.13. The lowest BCUT2D eigenvalue weighted by atomic mass is 10.0. The van der Waals surface area contributed by atoms with Gasteiger partial charge in [0.05, 0.1) is 0 Å². The van der Waals surface area contributed by atoms with Crippen LogP contribution >= 0.6 is 0 Å². The van der Waals surface area contributed by atoms with Gasteiger partial charge in [-0.25, -0.2) is 0 Å². The van der Waals surface area contributed by atoms with Crippen LogP contribution in [-0.2, 0) is 14.3 Å². The minimum Gasteiger partial charge on any atom is -0.481 e. The van der Waals surface area contributed by atoms with Gasteiger partial charge < -0.3 is 9.84 Å². The Labute approximate surface area is 339 Å². The van der Waals surface area contributed by atoms with Gasteiger partial charge >= 0.3 is 11.9 Å². The van der Waals surface area contributed by atoms with E-state index in [0.717, 1.165) is 64.2 Å². The topological polar surface area (TPSA) is 63.6 Å². The molecule has 0 aliphatic carbocycles. The Balaban J connectivity index is 3.88. The van der Waals surface area contributed by atoms with Crippen molar-refractivity contribution >= 4 is 11.9 Å². The number of hydrogen-bond acceptors (Lipinski definition) is 3. The number of aliphatic carboxylic acids is 1. The second kappa shape index (κ2) is 46.3. The van der Waals surface area contributed by atoms with Crippen molar-refractivity contribution in [3.63, 3.8) is 0 Å². The quantitative estimate of drug-likeness (QED) is 0.0495. The second-order valence-electron chi connectivity index (χ2n) is 17.4. The van der Waals surface area contributed by atoms with Gasteiger partial charge in [-0.1, -0.05) is 251 Å². The summed E-state index contributed by atoms with van der Waals surface area (Å²) in [4.78, 5) is 23.5. The first-order valence-corrected chi connectivity index (χ1v) is 25.0. The number of carboxylic acids is 1. The van der Waals surface area contributed by atoms with E-state index < -0.39 is 5.97 Å². The third-order valence-electron chi connectivity index (χ3n) is 11.8. The Morgan fingerprint density at radius 3 is 0.815 bits per heavy atom. The lowest BCUT2D eigenvalue weighted by Crippen LogP contribution is -2.18. The second-order valence-corrected chi connectivity index (χ2v) is 17.4. The zero-order valence-electron chi connectivity index (χ0n) is 37.1. The minimum absolute atomic E-state index is 0.0142. The molecular formula is C50H98O4. The van der Waals surface area contributed by atoms with E-state index in [9.17, 15) is 9.59 Å². The van der Waals surface area contributed by atoms with E-state index in [0.29, 0.717) is 6.42 Å². The highest BCUT2D eigenvalue weighted by Gasteiger charge is 2.14. The number of rotatable bonds is 47. The van der Waals surface area contributed by atoms with E-state index in [1.807, 2.05) is 0 Å². The number of unbranched alkanes of at least 4 members (excludes halogenated alkanes) is 38. The molecule has 1 unspecified atom stereocenters. The normalized spacial score (nSPS) is 12.0. The number of hydrogen-bond donors (Lipinski definition) is 1. The smallest absolute Gasteiger partial charge is 0.306 e. The Morgan fingerprint density at radius 1 is 0.333 bits per heavy atom. The molecule has 0 aromatic rings. The molecule has 0 spiro atoms. The van der Waals surface area contributed by atoms with Crippen LogP contribution in [0.2, 0.25) is 0 Å². The molecule has 0 saturated heterocycles. The number of carbonyl (C=O) groups is 2. The zero-order valence-corrected chi connectivity index (χ0v) is 37.1. The molecule has 1 atom stereocenters. The van der Waals surface area contributed by atoms with Gasteiger partial charge in [-0.05, 0) is 38.5 Å². The van der Waals surface area contributed by atoms with Gasteiger partial charge in [-0.2, -0.15) is 0 Å². The van der Waals surface area contributed by atoms with Crippen molar-refractivity contribution in [1.29, 1.82) is 0 Å². The molecule has 0 aliphatic heterocycles. The summed E-state index contributed by atoms with van der Waals surface area (Å²) in [5.74, 6) is -0.679. The highest BCUT2D eigenvalue weighted by Crippen LogP contribution is 2.20. The standard InChI is InChI=1S/C50H98O4/c1-3-5-7-9-11-13-15-17-19-21-22-23-24-26-28-30-32-34-39-43-47-50(53)54-48(45-41-37-35-38-42-46-49(51)52)44-40-36-33-31-29-27-25-20-18-16-14-12-10-8-6-4-2/h48H,3-47H2,1-2H3,(H,51,52). The molecule has 4 heteroatoms. The molecule has 0 amide bonds. The number of esters is 1. The van der Waals surface area contributed by atoms with Crippen molar-refractivity contribution in [2.45, 2.75) is 309 Å². The van der Waals surface area contributed by atoms with E-state index in [1.165, 1.54) is 212 Å². The van der Waals surface area contributed by atoms with Crippen molar-refractivity contribution in [3.8, 4) is 0 Å². The van der Waals surface area contributed by atoms with Crippen LogP contribution in [0.15, 0.2) is 0 Å². The number of carbonyl (C=O) groups excluding carboxylic acids is 1. The molecule has 0 fully saturated rings. The first-order valence-electron chi connectivity index (χ1n) is 25.0. The first-order chi connectivity index (χ1) is 26.6. The monoisotopic (exact) mass is 763 g/mol. The summed E-state index contributed by atoms with van der Waals surface area (Å²) in [6, 6.07) is 0. The van der Waals surface area contributed by atoms with Gasteiger partial charge in [0, 0.05) is 12.8 Å². The Hall–Kier alpha value is -1.06. The molecule has 322 valence electrons. The molecule has 54 heavy (non-hydrogen) atoms. The molecule has 0 aromatic carbocycles. The molecule has 0 radical (unpaired) electrons. The maximum Gasteiger partial charge on any atom is 0.306 e. The van der Waals surface area contributed by atoms with Crippen molar-refractivity contribution in [3.05, 3.63) is 0 Å². The fourth-order valence-corrected chi connectivity index (χ4v) is 8.13. The molecule has 4 nitrogen and oxygen atoms in total. The summed E-state index contributed by atoms with van der Waals surface area (Å²) >= 11 is 0. The van der Waals surface area contributed by atoms with Gasteiger partial charge in [0.2, 0.25) is 0 Å². The van der Waals surface area contributed by atoms with Gasteiger partial charge in [0.1, 0.15) is 6.10 Å². The Morgan fingerprint density at radius 2 is 0.556 bits per heavy atom. The first kappa shape index (κ1) is 52.9. The van der Waals surface area contributed by atoms with E-state index >= 15 is 0 Å². The number of carboxylic acid groups (broad SMARTS) is 1. The molecule has 0 aliphatic rings. The van der Waals surface area contributed by atoms with Gasteiger partial charge in [-0.15, -0.1) is 0 Å². The predicted octanol–water partition coefficient (Wildman–Crippen LogP) is 17.6. The SMILES string of the molecule is CCCCCCCCCCCCCCCCCCCCCCC(=O)OC(CCCCCCCCCCCCCCCCCC)CCCCCCCC(=O)O. The van der Waals surface area contributed by atoms with Crippen LogP contribution in [0.1, 0.15) is 303 Å². The van der Waals surface area contributed by atoms with E-state index in [2.05, 4.69) is 13.8 Å². The summed E-state index contributed by atoms with van der Waals surface area (Å²) < 4.78 is 6.06. The van der Waals surface area contributed by atoms with Crippen LogP contribution in [0, 0.1) is 0 Å². The molecule has 0 aromatic heterocycles. The highest BCUT2D eigenvalue weighted by molar-refractivity contribution is 5.69. The summed E-state index contributed by atoms with van der Waals surface area (Å²) in [5, 5.41) is 8.87. The predicted molar refractivity (Wildman–Crippen MR) is 237 cm³/mol. The summed E-state index contributed by atoms with van der Waals surface area (Å²) in [6.07, 6.45) is 57.3. The van der Waals surface area contributed by atoms with Crippen molar-refractivity contribution < 1.29 is 19.4 Å². The molecule has 0 bridgehead atoms. The molecule has 0 rings (SSSR count). The van der Waals surface area contributed by atoms with Crippen LogP contribution in [0.5, 0.6) is 0 Å². The summed E-state index contributed by atoms with van der Waals surface area (Å²) in [6.45, 7) is 4.59. The van der Waals surface area contributed by atoms with Gasteiger partial charge in [0.25, 0.3) is 0 Å². The van der Waals surface area contributed by atoms with Gasteiger partial charge in [0.15, 0.2) is 0 Å². The molecular weight excluding hydrogens is 665 g/mol. The van der Waals surface area contributed by atoms with Crippen LogP contribution in [-0.4, -0.2) is 23.1 Å². The summed E-state index contributed by atoms with van der Waals surface area (Å²) in [5.41, 5.74) is 0. The zero-order chi connectivity index (χ0) is 39.3.